The van der Waals surface area contributed by atoms with Gasteiger partial charge in [-0.2, -0.15) is 0 Å². The second kappa shape index (κ2) is 4.34. The molecule has 1 aromatic rings. The van der Waals surface area contributed by atoms with Crippen LogP contribution in [-0.2, 0) is 4.79 Å². The Hall–Kier alpha value is -1.51. The van der Waals surface area contributed by atoms with Gasteiger partial charge in [0.25, 0.3) is 0 Å². The van der Waals surface area contributed by atoms with E-state index in [0.29, 0.717) is 0 Å². The lowest BCUT2D eigenvalue weighted by Gasteiger charge is -2.18. The lowest BCUT2D eigenvalue weighted by Crippen LogP contribution is -2.17. The number of amides is 1. The minimum absolute atomic E-state index is 0.720. The Morgan fingerprint density at radius 3 is 2.67 bits per heavy atom. The molecule has 0 bridgehead atoms. The van der Waals surface area contributed by atoms with E-state index >= 15 is 0 Å². The number of nitrogens with zero attached hydrogens (tertiary/aromatic N) is 1. The van der Waals surface area contributed by atoms with Crippen molar-refractivity contribution < 1.29 is 4.79 Å². The molecule has 3 heteroatoms. The van der Waals surface area contributed by atoms with Gasteiger partial charge in [-0.25, -0.2) is 0 Å². The summed E-state index contributed by atoms with van der Waals surface area (Å²) in [5.74, 6) is 0. The third-order valence-corrected chi connectivity index (χ3v) is 2.90. The van der Waals surface area contributed by atoms with Crippen LogP contribution in [0.2, 0.25) is 0 Å². The molecule has 80 valence electrons. The normalized spacial score (nSPS) is 15.4. The van der Waals surface area contributed by atoms with E-state index in [-0.39, 0.29) is 0 Å². The van der Waals surface area contributed by atoms with Crippen LogP contribution >= 0.6 is 0 Å². The van der Waals surface area contributed by atoms with E-state index in [1.165, 1.54) is 18.5 Å². The van der Waals surface area contributed by atoms with Gasteiger partial charge in [-0.05, 0) is 43.5 Å². The molecule has 1 aliphatic heterocycles. The number of hydrogen-bond donors (Lipinski definition) is 1. The molecule has 0 unspecified atom stereocenters. The summed E-state index contributed by atoms with van der Waals surface area (Å²) in [7, 11) is 0. The zero-order chi connectivity index (χ0) is 10.7. The smallest absolute Gasteiger partial charge is 0.211 e. The molecule has 1 fully saturated rings. The van der Waals surface area contributed by atoms with Gasteiger partial charge < -0.3 is 10.2 Å². The summed E-state index contributed by atoms with van der Waals surface area (Å²) in [6.45, 7) is 4.32. The van der Waals surface area contributed by atoms with Crippen molar-refractivity contribution in [3.8, 4) is 0 Å². The van der Waals surface area contributed by atoms with Gasteiger partial charge in [0.05, 0.1) is 0 Å². The first-order valence-corrected chi connectivity index (χ1v) is 5.37. The highest BCUT2D eigenvalue weighted by Gasteiger charge is 2.12. The van der Waals surface area contributed by atoms with Crippen molar-refractivity contribution in [1.82, 2.24) is 0 Å². The molecule has 1 aromatic carbocycles. The minimum Gasteiger partial charge on any atom is -0.372 e. The molecule has 1 heterocycles. The average molecular weight is 204 g/mol. The molecular formula is C12H16N2O. The van der Waals surface area contributed by atoms with Crippen LogP contribution in [-0.4, -0.2) is 19.5 Å². The molecule has 0 atom stereocenters. The zero-order valence-electron chi connectivity index (χ0n) is 8.99. The first-order valence-electron chi connectivity index (χ1n) is 5.37. The Balaban J connectivity index is 2.20. The van der Waals surface area contributed by atoms with Crippen LogP contribution in [0.3, 0.4) is 0 Å². The predicted molar refractivity (Wildman–Crippen MR) is 62.3 cm³/mol. The molecule has 2 rings (SSSR count). The topological polar surface area (TPSA) is 32.3 Å². The predicted octanol–water partition coefficient (Wildman–Crippen LogP) is 2.16. The molecule has 1 N–H and O–H groups in total. The third kappa shape index (κ3) is 2.12. The van der Waals surface area contributed by atoms with Crippen LogP contribution in [0, 0.1) is 6.92 Å². The van der Waals surface area contributed by atoms with Crippen LogP contribution < -0.4 is 10.2 Å². The van der Waals surface area contributed by atoms with E-state index in [1.54, 1.807) is 0 Å². The fourth-order valence-corrected chi connectivity index (χ4v) is 2.05. The second-order valence-corrected chi connectivity index (χ2v) is 3.96. The van der Waals surface area contributed by atoms with Crippen molar-refractivity contribution in [2.24, 2.45) is 0 Å². The van der Waals surface area contributed by atoms with E-state index in [1.807, 2.05) is 13.0 Å². The summed E-state index contributed by atoms with van der Waals surface area (Å²) in [5.41, 5.74) is 3.28. The molecule has 15 heavy (non-hydrogen) atoms. The van der Waals surface area contributed by atoms with Gasteiger partial charge in [0, 0.05) is 24.5 Å². The first kappa shape index (κ1) is 10.0. The summed E-state index contributed by atoms with van der Waals surface area (Å²) in [6.07, 6.45) is 3.29. The highest BCUT2D eigenvalue weighted by molar-refractivity contribution is 5.74. The SMILES string of the molecule is Cc1cc(N2CCCC2)ccc1NC=O. The number of carbonyl (C=O) groups is 1. The van der Waals surface area contributed by atoms with Crippen molar-refractivity contribution in [1.29, 1.82) is 0 Å². The van der Waals surface area contributed by atoms with Crippen molar-refractivity contribution >= 4 is 17.8 Å². The van der Waals surface area contributed by atoms with Crippen molar-refractivity contribution in [3.05, 3.63) is 23.8 Å². The summed E-state index contributed by atoms with van der Waals surface area (Å²) in [4.78, 5) is 12.7. The maximum atomic E-state index is 10.3. The number of anilines is 2. The van der Waals surface area contributed by atoms with Crippen molar-refractivity contribution in [2.45, 2.75) is 19.8 Å². The molecule has 0 radical (unpaired) electrons. The maximum absolute atomic E-state index is 10.3. The van der Waals surface area contributed by atoms with Crippen LogP contribution in [0.5, 0.6) is 0 Å². The third-order valence-electron chi connectivity index (χ3n) is 2.90. The number of rotatable bonds is 3. The van der Waals surface area contributed by atoms with Gasteiger partial charge in [-0.1, -0.05) is 0 Å². The van der Waals surface area contributed by atoms with Crippen molar-refractivity contribution in [3.63, 3.8) is 0 Å². The summed E-state index contributed by atoms with van der Waals surface area (Å²) >= 11 is 0. The fraction of sp³-hybridized carbons (Fsp3) is 0.417. The van der Waals surface area contributed by atoms with E-state index in [9.17, 15) is 4.79 Å². The Morgan fingerprint density at radius 1 is 1.33 bits per heavy atom. The lowest BCUT2D eigenvalue weighted by molar-refractivity contribution is -0.105. The number of carbonyl (C=O) groups excluding carboxylic acids is 1. The number of aryl methyl sites for hydroxylation is 1. The number of nitrogens with one attached hydrogen (secondary N) is 1. The maximum Gasteiger partial charge on any atom is 0.211 e. The Kier molecular flexibility index (Phi) is 2.90. The van der Waals surface area contributed by atoms with Gasteiger partial charge >= 0.3 is 0 Å². The molecule has 0 saturated carbocycles. The van der Waals surface area contributed by atoms with Crippen LogP contribution in [0.15, 0.2) is 18.2 Å². The van der Waals surface area contributed by atoms with E-state index in [4.69, 9.17) is 0 Å². The van der Waals surface area contributed by atoms with Crippen LogP contribution in [0.4, 0.5) is 11.4 Å². The van der Waals surface area contributed by atoms with E-state index in [2.05, 4.69) is 22.3 Å². The zero-order valence-corrected chi connectivity index (χ0v) is 8.99. The van der Waals surface area contributed by atoms with Gasteiger partial charge in [-0.15, -0.1) is 0 Å². The quantitative estimate of drug-likeness (QED) is 0.765. The number of hydrogen-bond acceptors (Lipinski definition) is 2. The molecule has 0 spiro atoms. The second-order valence-electron chi connectivity index (χ2n) is 3.96. The molecule has 1 aliphatic rings. The summed E-state index contributed by atoms with van der Waals surface area (Å²) in [6, 6.07) is 6.18. The van der Waals surface area contributed by atoms with E-state index in [0.717, 1.165) is 30.8 Å². The highest BCUT2D eigenvalue weighted by atomic mass is 16.1. The largest absolute Gasteiger partial charge is 0.372 e. The first-order chi connectivity index (χ1) is 7.31. The minimum atomic E-state index is 0.720. The molecule has 3 nitrogen and oxygen atoms in total. The molecule has 1 amide bonds. The van der Waals surface area contributed by atoms with Gasteiger partial charge in [0.1, 0.15) is 0 Å². The molecule has 0 aromatic heterocycles. The highest BCUT2D eigenvalue weighted by Crippen LogP contribution is 2.25. The van der Waals surface area contributed by atoms with Crippen molar-refractivity contribution in [2.75, 3.05) is 23.3 Å². The monoisotopic (exact) mass is 204 g/mol. The standard InChI is InChI=1S/C12H16N2O/c1-10-8-11(14-6-2-3-7-14)4-5-12(10)13-9-15/h4-5,8-9H,2-3,6-7H2,1H3,(H,13,15). The molecular weight excluding hydrogens is 188 g/mol. The molecule has 0 aliphatic carbocycles. The lowest BCUT2D eigenvalue weighted by atomic mass is 10.1. The Morgan fingerprint density at radius 2 is 2.07 bits per heavy atom. The summed E-state index contributed by atoms with van der Waals surface area (Å²) in [5, 5.41) is 2.69. The van der Waals surface area contributed by atoms with Crippen LogP contribution in [0.25, 0.3) is 0 Å². The Bertz CT molecular complexity index is 357. The summed E-state index contributed by atoms with van der Waals surface area (Å²) < 4.78 is 0. The average Bonchev–Trinajstić information content (AvgIpc) is 2.74. The number of benzene rings is 1. The fourth-order valence-electron chi connectivity index (χ4n) is 2.05. The Labute approximate surface area is 90.1 Å². The molecule has 1 saturated heterocycles. The van der Waals surface area contributed by atoms with Crippen LogP contribution in [0.1, 0.15) is 18.4 Å². The van der Waals surface area contributed by atoms with Gasteiger partial charge in [-0.3, -0.25) is 4.79 Å². The van der Waals surface area contributed by atoms with Gasteiger partial charge in [0.2, 0.25) is 6.41 Å². The van der Waals surface area contributed by atoms with Gasteiger partial charge in [0.15, 0.2) is 0 Å². The van der Waals surface area contributed by atoms with E-state index < -0.39 is 0 Å².